The molecule has 1 aromatic carbocycles. The molecule has 1 saturated heterocycles. The highest BCUT2D eigenvalue weighted by Crippen LogP contribution is 2.27. The summed E-state index contributed by atoms with van der Waals surface area (Å²) in [7, 11) is 0. The molecular weight excluding hydrogens is 396 g/mol. The monoisotopic (exact) mass is 418 g/mol. The van der Waals surface area contributed by atoms with Crippen LogP contribution in [-0.2, 0) is 9.53 Å². The van der Waals surface area contributed by atoms with E-state index in [1.807, 2.05) is 11.8 Å². The normalized spacial score (nSPS) is 13.8. The number of esters is 1. The van der Waals surface area contributed by atoms with Crippen molar-refractivity contribution in [2.75, 3.05) is 47.2 Å². The maximum Gasteiger partial charge on any atom is 0.338 e. The van der Waals surface area contributed by atoms with Crippen molar-refractivity contribution in [3.63, 3.8) is 0 Å². The van der Waals surface area contributed by atoms with Gasteiger partial charge in [0.1, 0.15) is 5.03 Å². The van der Waals surface area contributed by atoms with E-state index in [0.717, 1.165) is 35.4 Å². The van der Waals surface area contributed by atoms with Crippen molar-refractivity contribution in [1.29, 1.82) is 0 Å². The van der Waals surface area contributed by atoms with Gasteiger partial charge in [-0.15, -0.1) is 0 Å². The predicted molar refractivity (Wildman–Crippen MR) is 113 cm³/mol. The molecule has 2 aromatic rings. The van der Waals surface area contributed by atoms with Gasteiger partial charge in [0.15, 0.2) is 5.82 Å². The summed E-state index contributed by atoms with van der Waals surface area (Å²) in [6.45, 7) is 3.97. The molecule has 2 heterocycles. The van der Waals surface area contributed by atoms with Gasteiger partial charge >= 0.3 is 5.97 Å². The number of thioether (sulfide) groups is 2. The Morgan fingerprint density at radius 2 is 1.89 bits per heavy atom. The number of carbonyl (C=O) groups is 2. The molecule has 7 nitrogen and oxygen atoms in total. The number of hydrogen-bond acceptors (Lipinski definition) is 8. The minimum absolute atomic E-state index is 0.139. The summed E-state index contributed by atoms with van der Waals surface area (Å²) in [6.07, 6.45) is 3.34. The second kappa shape index (κ2) is 10.3. The minimum Gasteiger partial charge on any atom is -0.462 e. The third-order valence-electron chi connectivity index (χ3n) is 3.98. The van der Waals surface area contributed by atoms with Gasteiger partial charge in [-0.05, 0) is 31.2 Å². The Morgan fingerprint density at radius 1 is 1.18 bits per heavy atom. The Morgan fingerprint density at radius 3 is 2.61 bits per heavy atom. The van der Waals surface area contributed by atoms with E-state index in [0.29, 0.717) is 17.9 Å². The summed E-state index contributed by atoms with van der Waals surface area (Å²) in [5, 5.41) is 3.60. The van der Waals surface area contributed by atoms with Crippen molar-refractivity contribution in [1.82, 2.24) is 9.97 Å². The number of anilines is 2. The van der Waals surface area contributed by atoms with Crippen LogP contribution >= 0.6 is 23.5 Å². The molecule has 0 unspecified atom stereocenters. The van der Waals surface area contributed by atoms with Crippen LogP contribution in [0.15, 0.2) is 41.7 Å². The molecule has 1 aromatic heterocycles. The Bertz CT molecular complexity index is 811. The molecule has 0 aliphatic carbocycles. The number of aromatic nitrogens is 2. The number of hydrogen-bond donors (Lipinski definition) is 1. The van der Waals surface area contributed by atoms with Crippen molar-refractivity contribution in [3.05, 3.63) is 42.2 Å². The van der Waals surface area contributed by atoms with E-state index >= 15 is 0 Å². The van der Waals surface area contributed by atoms with Crippen LogP contribution in [0.3, 0.4) is 0 Å². The molecule has 1 aliphatic heterocycles. The molecule has 1 fully saturated rings. The zero-order valence-electron chi connectivity index (χ0n) is 15.6. The third-order valence-corrected chi connectivity index (χ3v) is 5.89. The topological polar surface area (TPSA) is 84.4 Å². The van der Waals surface area contributed by atoms with Crippen LogP contribution in [0.25, 0.3) is 0 Å². The summed E-state index contributed by atoms with van der Waals surface area (Å²) >= 11 is 3.31. The maximum atomic E-state index is 12.3. The van der Waals surface area contributed by atoms with Crippen LogP contribution in [0.5, 0.6) is 0 Å². The van der Waals surface area contributed by atoms with E-state index in [2.05, 4.69) is 20.2 Å². The molecule has 9 heteroatoms. The fraction of sp³-hybridized carbons (Fsp3) is 0.368. The van der Waals surface area contributed by atoms with Gasteiger partial charge in [-0.3, -0.25) is 4.79 Å². The molecule has 0 radical (unpaired) electrons. The molecule has 0 atom stereocenters. The summed E-state index contributed by atoms with van der Waals surface area (Å²) in [5.41, 5.74) is 1.09. The zero-order chi connectivity index (χ0) is 19.8. The number of carbonyl (C=O) groups excluding carboxylic acids is 2. The first-order chi connectivity index (χ1) is 13.7. The Balaban J connectivity index is 1.55. The molecule has 3 rings (SSSR count). The van der Waals surface area contributed by atoms with Gasteiger partial charge in [-0.1, -0.05) is 11.8 Å². The molecule has 0 bridgehead atoms. The number of amides is 1. The molecule has 1 amide bonds. The average Bonchev–Trinajstić information content (AvgIpc) is 2.74. The van der Waals surface area contributed by atoms with Crippen LogP contribution in [0.2, 0.25) is 0 Å². The Labute approximate surface area is 172 Å². The summed E-state index contributed by atoms with van der Waals surface area (Å²) in [5.74, 6) is 2.71. The average molecular weight is 419 g/mol. The van der Waals surface area contributed by atoms with Gasteiger partial charge in [0.25, 0.3) is 0 Å². The number of benzene rings is 1. The summed E-state index contributed by atoms with van der Waals surface area (Å²) in [4.78, 5) is 35.1. The highest BCUT2D eigenvalue weighted by atomic mass is 32.2. The second-order valence-electron chi connectivity index (χ2n) is 5.92. The number of nitrogens with zero attached hydrogens (tertiary/aromatic N) is 3. The fourth-order valence-corrected chi connectivity index (χ4v) is 4.34. The lowest BCUT2D eigenvalue weighted by Gasteiger charge is -2.28. The van der Waals surface area contributed by atoms with Crippen LogP contribution in [0.4, 0.5) is 11.5 Å². The molecule has 148 valence electrons. The van der Waals surface area contributed by atoms with Crippen LogP contribution in [-0.4, -0.2) is 58.8 Å². The van der Waals surface area contributed by atoms with Gasteiger partial charge in [0.2, 0.25) is 5.91 Å². The minimum atomic E-state index is -0.373. The van der Waals surface area contributed by atoms with E-state index in [1.165, 1.54) is 11.8 Å². The zero-order valence-corrected chi connectivity index (χ0v) is 17.2. The van der Waals surface area contributed by atoms with Crippen LogP contribution < -0.4 is 10.2 Å². The molecule has 1 aliphatic rings. The lowest BCUT2D eigenvalue weighted by molar-refractivity contribution is -0.113. The lowest BCUT2D eigenvalue weighted by atomic mass is 10.2. The second-order valence-corrected chi connectivity index (χ2v) is 8.11. The van der Waals surface area contributed by atoms with Crippen LogP contribution in [0.1, 0.15) is 17.3 Å². The quantitative estimate of drug-likeness (QED) is 0.543. The standard InChI is InChI=1S/C19H22N4O3S2/c1-2-26-19(25)14-3-5-15(6-4-14)22-16(24)13-28-18-17(20-7-8-21-18)23-9-11-27-12-10-23/h3-8H,2,9-13H2,1H3,(H,22,24). The molecule has 0 spiro atoms. The first-order valence-electron chi connectivity index (χ1n) is 9.01. The van der Waals surface area contributed by atoms with Crippen molar-refractivity contribution >= 4 is 46.9 Å². The summed E-state index contributed by atoms with van der Waals surface area (Å²) in [6, 6.07) is 6.65. The highest BCUT2D eigenvalue weighted by Gasteiger charge is 2.18. The van der Waals surface area contributed by atoms with Crippen molar-refractivity contribution in [3.8, 4) is 0 Å². The van der Waals surface area contributed by atoms with Gasteiger partial charge in [-0.2, -0.15) is 11.8 Å². The van der Waals surface area contributed by atoms with Gasteiger partial charge < -0.3 is 15.0 Å². The van der Waals surface area contributed by atoms with E-state index in [4.69, 9.17) is 4.74 Å². The molecule has 28 heavy (non-hydrogen) atoms. The van der Waals surface area contributed by atoms with Gasteiger partial charge in [-0.25, -0.2) is 14.8 Å². The first kappa shape index (κ1) is 20.5. The number of ether oxygens (including phenoxy) is 1. The number of rotatable bonds is 7. The van der Waals surface area contributed by atoms with E-state index in [-0.39, 0.29) is 17.6 Å². The Kier molecular flexibility index (Phi) is 7.55. The van der Waals surface area contributed by atoms with Gasteiger partial charge in [0, 0.05) is 42.7 Å². The fourth-order valence-electron chi connectivity index (χ4n) is 2.65. The van der Waals surface area contributed by atoms with Crippen LogP contribution in [0, 0.1) is 0 Å². The highest BCUT2D eigenvalue weighted by molar-refractivity contribution is 8.00. The number of nitrogens with one attached hydrogen (secondary N) is 1. The predicted octanol–water partition coefficient (Wildman–Crippen LogP) is 2.94. The summed E-state index contributed by atoms with van der Waals surface area (Å²) < 4.78 is 4.95. The van der Waals surface area contributed by atoms with Gasteiger partial charge in [0.05, 0.1) is 17.9 Å². The Hall–Kier alpha value is -2.26. The lowest BCUT2D eigenvalue weighted by Crippen LogP contribution is -2.33. The van der Waals surface area contributed by atoms with Crippen molar-refractivity contribution < 1.29 is 14.3 Å². The molecule has 1 N–H and O–H groups in total. The SMILES string of the molecule is CCOC(=O)c1ccc(NC(=O)CSc2nccnc2N2CCSCC2)cc1. The largest absolute Gasteiger partial charge is 0.462 e. The molecular formula is C19H22N4O3S2. The van der Waals surface area contributed by atoms with E-state index in [1.54, 1.807) is 43.6 Å². The van der Waals surface area contributed by atoms with E-state index in [9.17, 15) is 9.59 Å². The first-order valence-corrected chi connectivity index (χ1v) is 11.1. The molecule has 0 saturated carbocycles. The van der Waals surface area contributed by atoms with E-state index < -0.39 is 0 Å². The maximum absolute atomic E-state index is 12.3. The van der Waals surface area contributed by atoms with Crippen molar-refractivity contribution in [2.24, 2.45) is 0 Å². The third kappa shape index (κ3) is 5.62. The smallest absolute Gasteiger partial charge is 0.338 e. The van der Waals surface area contributed by atoms with Crippen molar-refractivity contribution in [2.45, 2.75) is 11.9 Å².